The number of fused-ring (bicyclic) bond motifs is 5. The third kappa shape index (κ3) is 2.23. The number of aromatic hydroxyl groups is 2. The minimum absolute atomic E-state index is 0. The van der Waals surface area contributed by atoms with E-state index < -0.39 is 0 Å². The third-order valence-electron chi connectivity index (χ3n) is 4.26. The Balaban J connectivity index is 0.00000144. The van der Waals surface area contributed by atoms with E-state index in [-0.39, 0.29) is 46.3 Å². The fourth-order valence-electron chi connectivity index (χ4n) is 3.25. The number of ether oxygens (including phenoxy) is 1. The molecule has 0 amide bonds. The van der Waals surface area contributed by atoms with Crippen LogP contribution in [0.3, 0.4) is 0 Å². The average molecular weight is 368 g/mol. The molecule has 2 heterocycles. The van der Waals surface area contributed by atoms with Crippen LogP contribution in [-0.4, -0.2) is 22.9 Å². The first-order chi connectivity index (χ1) is 10.1. The SMILES string of the molecule is Br.Oc1cc2c(cc1O)C1c3cc(F)ccc3CNC1CO2. The Hall–Kier alpha value is -1.79. The molecule has 2 unspecified atom stereocenters. The standard InChI is InChI=1S/C16H14FNO3.BrH/c17-9-2-1-8-6-18-12-7-21-15-5-14(20)13(19)4-11(15)16(12)10(8)3-9;/h1-5,12,16,18-20H,6-7H2;1H. The Morgan fingerprint density at radius 2 is 1.86 bits per heavy atom. The molecule has 2 aromatic carbocycles. The van der Waals surface area contributed by atoms with Crippen molar-refractivity contribution in [2.24, 2.45) is 0 Å². The lowest BCUT2D eigenvalue weighted by Crippen LogP contribution is -2.46. The van der Waals surface area contributed by atoms with Crippen molar-refractivity contribution in [3.8, 4) is 17.2 Å². The van der Waals surface area contributed by atoms with Gasteiger partial charge in [-0.2, -0.15) is 0 Å². The van der Waals surface area contributed by atoms with E-state index in [1.807, 2.05) is 0 Å². The van der Waals surface area contributed by atoms with Crippen molar-refractivity contribution in [3.05, 3.63) is 52.8 Å². The van der Waals surface area contributed by atoms with Crippen molar-refractivity contribution in [1.29, 1.82) is 0 Å². The van der Waals surface area contributed by atoms with Crippen LogP contribution in [0.2, 0.25) is 0 Å². The van der Waals surface area contributed by atoms with Gasteiger partial charge in [0.05, 0.1) is 6.04 Å². The Morgan fingerprint density at radius 1 is 1.09 bits per heavy atom. The number of rotatable bonds is 0. The molecule has 0 saturated heterocycles. The Bertz CT molecular complexity index is 738. The summed E-state index contributed by atoms with van der Waals surface area (Å²) in [7, 11) is 0. The Morgan fingerprint density at radius 3 is 2.68 bits per heavy atom. The maximum Gasteiger partial charge on any atom is 0.161 e. The second-order valence-corrected chi connectivity index (χ2v) is 5.50. The predicted octanol–water partition coefficient (Wildman–Crippen LogP) is 2.81. The molecule has 0 aromatic heterocycles. The van der Waals surface area contributed by atoms with E-state index in [0.29, 0.717) is 18.9 Å². The summed E-state index contributed by atoms with van der Waals surface area (Å²) in [5.74, 6) is -0.243. The van der Waals surface area contributed by atoms with Gasteiger partial charge in [0.1, 0.15) is 18.2 Å². The summed E-state index contributed by atoms with van der Waals surface area (Å²) in [5.41, 5.74) is 2.71. The molecule has 2 aliphatic rings. The summed E-state index contributed by atoms with van der Waals surface area (Å²) in [6, 6.07) is 7.72. The fraction of sp³-hybridized carbons (Fsp3) is 0.250. The van der Waals surface area contributed by atoms with Crippen LogP contribution < -0.4 is 10.1 Å². The first-order valence-electron chi connectivity index (χ1n) is 6.84. The first-order valence-corrected chi connectivity index (χ1v) is 6.84. The number of nitrogens with one attached hydrogen (secondary N) is 1. The van der Waals surface area contributed by atoms with Gasteiger partial charge in [-0.3, -0.25) is 0 Å². The molecule has 0 bridgehead atoms. The molecule has 4 nitrogen and oxygen atoms in total. The summed E-state index contributed by atoms with van der Waals surface area (Å²) in [4.78, 5) is 0. The zero-order chi connectivity index (χ0) is 14.6. The van der Waals surface area contributed by atoms with Gasteiger partial charge in [-0.1, -0.05) is 6.07 Å². The second kappa shape index (κ2) is 5.44. The molecule has 6 heteroatoms. The van der Waals surface area contributed by atoms with Crippen LogP contribution in [0.5, 0.6) is 17.2 Å². The van der Waals surface area contributed by atoms with Crippen molar-refractivity contribution in [3.63, 3.8) is 0 Å². The van der Waals surface area contributed by atoms with E-state index >= 15 is 0 Å². The first kappa shape index (κ1) is 15.1. The highest BCUT2D eigenvalue weighted by atomic mass is 79.9. The van der Waals surface area contributed by atoms with Crippen LogP contribution in [0.25, 0.3) is 0 Å². The number of hydrogen-bond acceptors (Lipinski definition) is 4. The zero-order valence-electron chi connectivity index (χ0n) is 11.5. The van der Waals surface area contributed by atoms with Gasteiger partial charge in [-0.05, 0) is 29.3 Å². The van der Waals surface area contributed by atoms with E-state index in [2.05, 4.69) is 5.32 Å². The molecule has 3 N–H and O–H groups in total. The molecular weight excluding hydrogens is 353 g/mol. The van der Waals surface area contributed by atoms with Crippen molar-refractivity contribution >= 4 is 17.0 Å². The monoisotopic (exact) mass is 367 g/mol. The number of phenols is 2. The van der Waals surface area contributed by atoms with Crippen LogP contribution in [-0.2, 0) is 6.54 Å². The van der Waals surface area contributed by atoms with Crippen LogP contribution >= 0.6 is 17.0 Å². The highest BCUT2D eigenvalue weighted by Crippen LogP contribution is 2.45. The van der Waals surface area contributed by atoms with Gasteiger partial charge in [0, 0.05) is 24.1 Å². The molecule has 0 saturated carbocycles. The molecule has 116 valence electrons. The molecule has 0 fully saturated rings. The van der Waals surface area contributed by atoms with Gasteiger partial charge in [0.15, 0.2) is 11.5 Å². The van der Waals surface area contributed by atoms with Gasteiger partial charge >= 0.3 is 0 Å². The lowest BCUT2D eigenvalue weighted by Gasteiger charge is -2.39. The Labute approximate surface area is 137 Å². The molecule has 4 rings (SSSR count). The van der Waals surface area contributed by atoms with E-state index in [9.17, 15) is 14.6 Å². The van der Waals surface area contributed by atoms with E-state index in [0.717, 1.165) is 16.7 Å². The molecule has 2 atom stereocenters. The quantitative estimate of drug-likeness (QED) is 0.626. The van der Waals surface area contributed by atoms with Gasteiger partial charge in [-0.15, -0.1) is 17.0 Å². The fourth-order valence-corrected chi connectivity index (χ4v) is 3.25. The van der Waals surface area contributed by atoms with Crippen LogP contribution in [0.4, 0.5) is 4.39 Å². The van der Waals surface area contributed by atoms with Crippen molar-refractivity contribution in [1.82, 2.24) is 5.32 Å². The molecular formula is C16H15BrFNO3. The van der Waals surface area contributed by atoms with Crippen molar-refractivity contribution in [2.45, 2.75) is 18.5 Å². The highest BCUT2D eigenvalue weighted by molar-refractivity contribution is 8.93. The van der Waals surface area contributed by atoms with E-state index in [1.165, 1.54) is 18.2 Å². The van der Waals surface area contributed by atoms with Gasteiger partial charge < -0.3 is 20.3 Å². The van der Waals surface area contributed by atoms with Gasteiger partial charge in [0.25, 0.3) is 0 Å². The van der Waals surface area contributed by atoms with Gasteiger partial charge in [-0.25, -0.2) is 4.39 Å². The predicted molar refractivity (Wildman–Crippen MR) is 84.5 cm³/mol. The lowest BCUT2D eigenvalue weighted by atomic mass is 9.78. The molecule has 2 aromatic rings. The minimum atomic E-state index is -0.273. The summed E-state index contributed by atoms with van der Waals surface area (Å²) in [6.45, 7) is 1.11. The zero-order valence-corrected chi connectivity index (χ0v) is 13.3. The second-order valence-electron chi connectivity index (χ2n) is 5.50. The summed E-state index contributed by atoms with van der Waals surface area (Å²) >= 11 is 0. The van der Waals surface area contributed by atoms with Crippen LogP contribution in [0.1, 0.15) is 22.6 Å². The number of halogens is 2. The maximum atomic E-state index is 13.6. The lowest BCUT2D eigenvalue weighted by molar-refractivity contribution is 0.214. The number of benzene rings is 2. The normalized spacial score (nSPS) is 21.7. The van der Waals surface area contributed by atoms with Crippen molar-refractivity contribution < 1.29 is 19.3 Å². The Kier molecular flexibility index (Phi) is 3.74. The molecule has 2 aliphatic heterocycles. The third-order valence-corrected chi connectivity index (χ3v) is 4.26. The topological polar surface area (TPSA) is 61.7 Å². The summed E-state index contributed by atoms with van der Waals surface area (Å²) in [5, 5.41) is 22.8. The van der Waals surface area contributed by atoms with Crippen LogP contribution in [0, 0.1) is 5.82 Å². The molecule has 0 spiro atoms. The average Bonchev–Trinajstić information content (AvgIpc) is 2.48. The molecule has 0 aliphatic carbocycles. The highest BCUT2D eigenvalue weighted by Gasteiger charge is 2.37. The van der Waals surface area contributed by atoms with Crippen LogP contribution in [0.15, 0.2) is 30.3 Å². The minimum Gasteiger partial charge on any atom is -0.504 e. The van der Waals surface area contributed by atoms with E-state index in [4.69, 9.17) is 4.74 Å². The summed E-state index contributed by atoms with van der Waals surface area (Å²) < 4.78 is 19.3. The largest absolute Gasteiger partial charge is 0.504 e. The van der Waals surface area contributed by atoms with E-state index in [1.54, 1.807) is 12.1 Å². The molecule has 22 heavy (non-hydrogen) atoms. The number of hydrogen-bond donors (Lipinski definition) is 3. The summed E-state index contributed by atoms with van der Waals surface area (Å²) in [6.07, 6.45) is 0. The van der Waals surface area contributed by atoms with Crippen molar-refractivity contribution in [2.75, 3.05) is 6.61 Å². The van der Waals surface area contributed by atoms with Gasteiger partial charge in [0.2, 0.25) is 0 Å². The maximum absolute atomic E-state index is 13.6. The molecule has 0 radical (unpaired) electrons. The number of phenolic OH excluding ortho intramolecular Hbond substituents is 2. The smallest absolute Gasteiger partial charge is 0.161 e.